The molecule has 71 heavy (non-hydrogen) atoms. The lowest BCUT2D eigenvalue weighted by molar-refractivity contribution is -0.153. The van der Waals surface area contributed by atoms with Gasteiger partial charge in [0.2, 0.25) is 47.3 Å². The highest BCUT2D eigenvalue weighted by molar-refractivity contribution is 5.99. The van der Waals surface area contributed by atoms with Gasteiger partial charge in [0.1, 0.15) is 41.9 Å². The number of carbonyl (C=O) groups excluding carboxylic acids is 8. The fourth-order valence-corrected chi connectivity index (χ4v) is 6.95. The van der Waals surface area contributed by atoms with E-state index in [0.717, 1.165) is 11.0 Å². The molecular weight excluding hydrogens is 950 g/mol. The number of aliphatic carboxylic acids is 1. The van der Waals surface area contributed by atoms with Gasteiger partial charge in [-0.25, -0.2) is 4.79 Å². The zero-order valence-corrected chi connectivity index (χ0v) is 39.8. The summed E-state index contributed by atoms with van der Waals surface area (Å²) in [7, 11) is 0. The van der Waals surface area contributed by atoms with Crippen molar-refractivity contribution in [2.75, 3.05) is 45.8 Å². The molecule has 0 aromatic rings. The Labute approximate surface area is 408 Å². The smallest absolute Gasteiger partial charge is 0.391 e. The molecule has 23 N–H and O–H groups in total. The number of nitrogens with zero attached hydrogens (tertiary/aromatic N) is 2. The number of alkyl halides is 3. The Bertz CT molecular complexity index is 1860. The van der Waals surface area contributed by atoms with Gasteiger partial charge in [-0.05, 0) is 90.8 Å². The van der Waals surface area contributed by atoms with Gasteiger partial charge >= 0.3 is 12.1 Å². The minimum absolute atomic E-state index is 0.0465. The van der Waals surface area contributed by atoms with Gasteiger partial charge in [-0.1, -0.05) is 12.5 Å². The van der Waals surface area contributed by atoms with E-state index < -0.39 is 133 Å². The van der Waals surface area contributed by atoms with Crippen LogP contribution < -0.4 is 77.4 Å². The number of amides is 8. The summed E-state index contributed by atoms with van der Waals surface area (Å²) in [6.45, 7) is 0.466. The first-order valence-electron chi connectivity index (χ1n) is 23.1. The highest BCUT2D eigenvalue weighted by Crippen LogP contribution is 2.24. The van der Waals surface area contributed by atoms with E-state index in [2.05, 4.69) is 36.9 Å². The number of nitrogens with one attached hydrogen (secondary N) is 7. The van der Waals surface area contributed by atoms with Gasteiger partial charge in [0.15, 0.2) is 5.96 Å². The van der Waals surface area contributed by atoms with E-state index in [-0.39, 0.29) is 83.5 Å². The first kappa shape index (κ1) is 62.8. The Morgan fingerprint density at radius 3 is 1.96 bits per heavy atom. The van der Waals surface area contributed by atoms with Crippen LogP contribution in [0.4, 0.5) is 13.2 Å². The van der Waals surface area contributed by atoms with Crippen LogP contribution in [-0.2, 0) is 43.2 Å². The van der Waals surface area contributed by atoms with Gasteiger partial charge in [0.25, 0.3) is 0 Å². The normalized spacial score (nSPS) is 16.7. The number of aliphatic imine (C=N–C) groups is 1. The molecule has 1 unspecified atom stereocenters. The maximum atomic E-state index is 13.9. The number of aliphatic hydroxyl groups excluding tert-OH is 1. The standard InChI is InChI=1S/C41H73F3N16O11/c1-22(54-37(68)31(29(61)20-48)59-33(64)23(49)9-2-4-14-45)32(63)53-21-30(62)55-25(11-6-16-47)38(69)60-18-8-13-28(60)36(67)58-27(19-41(42,43)44)35(66)56-24(10-3-5-15-46)34(65)57-26(39(70)71)12-7-17-52-40(50)51/h12,22-25,27-29,31,61H,2-11,13-21,45-49H2,1H3,(H,53,63)(H,54,68)(H,55,62)(H,56,66)(H,57,65)(H,58,67)(H,59,64)(H,70,71)(H4,50,51,52)/b26-12-/t22-,23?,24-,25+,27-,28-,29-,31-/m0/s1. The van der Waals surface area contributed by atoms with Crippen molar-refractivity contribution in [1.82, 2.24) is 42.1 Å². The second-order valence-electron chi connectivity index (χ2n) is 16.6. The Balaban J connectivity index is 3.16. The van der Waals surface area contributed by atoms with Crippen LogP contribution >= 0.6 is 0 Å². The van der Waals surface area contributed by atoms with E-state index in [4.69, 9.17) is 40.1 Å². The molecule has 0 aromatic carbocycles. The average Bonchev–Trinajstić information content (AvgIpc) is 3.81. The van der Waals surface area contributed by atoms with E-state index in [1.54, 1.807) is 0 Å². The minimum Gasteiger partial charge on any atom is -0.477 e. The quantitative estimate of drug-likeness (QED) is 0.0126. The van der Waals surface area contributed by atoms with Crippen molar-refractivity contribution < 1.29 is 66.5 Å². The molecule has 0 aliphatic carbocycles. The van der Waals surface area contributed by atoms with E-state index in [1.807, 2.05) is 5.32 Å². The third-order valence-corrected chi connectivity index (χ3v) is 10.8. The number of hydrogen-bond acceptors (Lipinski definition) is 16. The van der Waals surface area contributed by atoms with Crippen molar-refractivity contribution in [3.8, 4) is 0 Å². The average molecular weight is 1020 g/mol. The number of nitrogens with two attached hydrogens (primary N) is 7. The summed E-state index contributed by atoms with van der Waals surface area (Å²) < 4.78 is 41.8. The molecular formula is C41H73F3N16O11. The van der Waals surface area contributed by atoms with E-state index in [1.165, 1.54) is 6.92 Å². The van der Waals surface area contributed by atoms with Crippen LogP contribution in [-0.4, -0.2) is 175 Å². The zero-order chi connectivity index (χ0) is 53.8. The molecule has 1 rings (SSSR count). The number of carbonyl (C=O) groups is 9. The fourth-order valence-electron chi connectivity index (χ4n) is 6.95. The number of hydrogen-bond donors (Lipinski definition) is 16. The SMILES string of the molecule is C[C@H](NC(=O)[C@@H](NC(=O)C(N)CCCCN)[C@@H](O)CN)C(=O)NCC(=O)N[C@H](CCCN)C(=O)N1CCC[C@H]1C(=O)N[C@@H](CC(F)(F)F)C(=O)N[C@@H](CCCCN)C(=O)N/C(=C\CCN=C(N)N)C(=O)O. The van der Waals surface area contributed by atoms with Crippen LogP contribution in [0.3, 0.4) is 0 Å². The van der Waals surface area contributed by atoms with Crippen LogP contribution in [0.5, 0.6) is 0 Å². The van der Waals surface area contributed by atoms with E-state index >= 15 is 0 Å². The Kier molecular flexibility index (Phi) is 28.9. The van der Waals surface area contributed by atoms with Gasteiger partial charge in [0, 0.05) is 19.6 Å². The molecule has 0 saturated carbocycles. The number of rotatable bonds is 33. The topological polar surface area (TPSA) is 476 Å². The predicted molar refractivity (Wildman–Crippen MR) is 250 cm³/mol. The molecule has 404 valence electrons. The largest absolute Gasteiger partial charge is 0.477 e. The third kappa shape index (κ3) is 24.0. The number of halogens is 3. The van der Waals surface area contributed by atoms with Crippen LogP contribution in [0.2, 0.25) is 0 Å². The molecule has 8 atom stereocenters. The highest BCUT2D eigenvalue weighted by atomic mass is 19.4. The van der Waals surface area contributed by atoms with Crippen LogP contribution in [0.15, 0.2) is 16.8 Å². The van der Waals surface area contributed by atoms with Crippen LogP contribution in [0, 0.1) is 0 Å². The molecule has 8 amide bonds. The molecule has 1 aliphatic heterocycles. The molecule has 30 heteroatoms. The molecule has 1 aliphatic rings. The van der Waals surface area contributed by atoms with Crippen molar-refractivity contribution in [1.29, 1.82) is 0 Å². The maximum absolute atomic E-state index is 13.9. The fraction of sp³-hybridized carbons (Fsp3) is 0.707. The summed E-state index contributed by atoms with van der Waals surface area (Å²) in [6, 6.07) is -10.7. The van der Waals surface area contributed by atoms with Crippen LogP contribution in [0.1, 0.15) is 84.0 Å². The second-order valence-corrected chi connectivity index (χ2v) is 16.6. The molecule has 1 heterocycles. The maximum Gasteiger partial charge on any atom is 0.391 e. The van der Waals surface area contributed by atoms with Gasteiger partial charge < -0.3 is 92.5 Å². The zero-order valence-electron chi connectivity index (χ0n) is 39.8. The van der Waals surface area contributed by atoms with Gasteiger partial charge in [0.05, 0.1) is 25.1 Å². The monoisotopic (exact) mass is 1020 g/mol. The first-order chi connectivity index (χ1) is 33.4. The van der Waals surface area contributed by atoms with E-state index in [0.29, 0.717) is 25.8 Å². The summed E-state index contributed by atoms with van der Waals surface area (Å²) in [5.74, 6) is -10.0. The van der Waals surface area contributed by atoms with Crippen LogP contribution in [0.25, 0.3) is 0 Å². The summed E-state index contributed by atoms with van der Waals surface area (Å²) in [5, 5.41) is 35.7. The molecule has 1 fully saturated rings. The summed E-state index contributed by atoms with van der Waals surface area (Å²) in [4.78, 5) is 123. The molecule has 0 spiro atoms. The number of carboxylic acids is 1. The first-order valence-corrected chi connectivity index (χ1v) is 23.1. The van der Waals surface area contributed by atoms with Crippen molar-refractivity contribution in [2.45, 2.75) is 139 Å². The molecule has 1 saturated heterocycles. The van der Waals surface area contributed by atoms with E-state index in [9.17, 15) is 66.5 Å². The summed E-state index contributed by atoms with van der Waals surface area (Å²) in [5.41, 5.74) is 38.0. The molecule has 0 radical (unpaired) electrons. The number of likely N-dealkylation sites (tertiary alicyclic amines) is 1. The number of aliphatic hydroxyl groups is 1. The number of carboxylic acid groups (broad SMARTS) is 1. The number of unbranched alkanes of at least 4 members (excludes halogenated alkanes) is 2. The Morgan fingerprint density at radius 1 is 0.761 bits per heavy atom. The van der Waals surface area contributed by atoms with Gasteiger partial charge in [-0.15, -0.1) is 0 Å². The van der Waals surface area contributed by atoms with Crippen molar-refractivity contribution in [2.24, 2.45) is 45.1 Å². The second kappa shape index (κ2) is 32.6. The summed E-state index contributed by atoms with van der Waals surface area (Å²) in [6.07, 6.45) is -5.66. The van der Waals surface area contributed by atoms with Crippen molar-refractivity contribution in [3.05, 3.63) is 11.8 Å². The summed E-state index contributed by atoms with van der Waals surface area (Å²) >= 11 is 0. The lowest BCUT2D eigenvalue weighted by Crippen LogP contribution is -2.60. The lowest BCUT2D eigenvalue weighted by atomic mass is 10.1. The Hall–Kier alpha value is -6.21. The lowest BCUT2D eigenvalue weighted by Gasteiger charge is -2.30. The molecule has 27 nitrogen and oxygen atoms in total. The highest BCUT2D eigenvalue weighted by Gasteiger charge is 2.42. The third-order valence-electron chi connectivity index (χ3n) is 10.8. The van der Waals surface area contributed by atoms with Gasteiger partial charge in [-0.3, -0.25) is 43.3 Å². The minimum atomic E-state index is -5.05. The molecule has 0 bridgehead atoms. The molecule has 0 aromatic heterocycles. The van der Waals surface area contributed by atoms with Crippen molar-refractivity contribution >= 4 is 59.2 Å². The van der Waals surface area contributed by atoms with Gasteiger partial charge in [-0.2, -0.15) is 13.2 Å². The predicted octanol–water partition coefficient (Wildman–Crippen LogP) is -6.12. The van der Waals surface area contributed by atoms with Crippen molar-refractivity contribution in [3.63, 3.8) is 0 Å². The Morgan fingerprint density at radius 2 is 1.38 bits per heavy atom. The number of guanidine groups is 1.